The number of nitrogens with two attached hydrogens (primary N) is 1. The number of nitrogens with zero attached hydrogens (tertiary/aromatic N) is 1. The fourth-order valence-corrected chi connectivity index (χ4v) is 2.11. The summed E-state index contributed by atoms with van der Waals surface area (Å²) >= 11 is 0. The maximum absolute atomic E-state index is 12.8. The van der Waals surface area contributed by atoms with Crippen LogP contribution < -0.4 is 11.1 Å². The fourth-order valence-electron chi connectivity index (χ4n) is 2.11. The van der Waals surface area contributed by atoms with Gasteiger partial charge in [-0.2, -0.15) is 0 Å². The molecule has 0 spiro atoms. The van der Waals surface area contributed by atoms with E-state index < -0.39 is 37.2 Å². The number of hydrogen-bond donors (Lipinski definition) is 4. The quantitative estimate of drug-likeness (QED) is 0.490. The average molecular weight is 261 g/mol. The third-order valence-electron chi connectivity index (χ3n) is 3.12. The van der Waals surface area contributed by atoms with Gasteiger partial charge in [0, 0.05) is 12.1 Å². The van der Waals surface area contributed by atoms with Crippen molar-refractivity contribution in [3.63, 3.8) is 0 Å². The zero-order valence-corrected chi connectivity index (χ0v) is 9.62. The van der Waals surface area contributed by atoms with Crippen LogP contribution in [0.25, 0.3) is 0 Å². The normalized spacial score (nSPS) is 39.2. The van der Waals surface area contributed by atoms with Crippen molar-refractivity contribution in [3.8, 4) is 0 Å². The van der Waals surface area contributed by atoms with Gasteiger partial charge < -0.3 is 26.0 Å². The maximum Gasteiger partial charge on any atom is 0.320 e. The van der Waals surface area contributed by atoms with Crippen molar-refractivity contribution in [2.45, 2.75) is 31.0 Å². The molecule has 2 aliphatic rings. The zero-order valence-electron chi connectivity index (χ0n) is 9.62. The smallest absolute Gasteiger partial charge is 0.320 e. The predicted molar refractivity (Wildman–Crippen MR) is 58.8 cm³/mol. The minimum atomic E-state index is -1.26. The first-order valence-corrected chi connectivity index (χ1v) is 5.65. The lowest BCUT2D eigenvalue weighted by atomic mass is 10.1. The van der Waals surface area contributed by atoms with Gasteiger partial charge in [-0.3, -0.25) is 4.90 Å². The highest BCUT2D eigenvalue weighted by molar-refractivity contribution is 5.76. The number of hydrogen-bond acceptors (Lipinski definition) is 5. The molecule has 3 unspecified atom stereocenters. The van der Waals surface area contributed by atoms with Crippen LogP contribution in [0.1, 0.15) is 6.42 Å². The van der Waals surface area contributed by atoms with Gasteiger partial charge in [-0.15, -0.1) is 0 Å². The van der Waals surface area contributed by atoms with Gasteiger partial charge in [-0.05, 0) is 6.42 Å². The highest BCUT2D eigenvalue weighted by Gasteiger charge is 2.44. The molecule has 2 heterocycles. The molecule has 18 heavy (non-hydrogen) atoms. The molecule has 2 saturated heterocycles. The molecule has 2 amide bonds. The first-order valence-electron chi connectivity index (χ1n) is 5.65. The van der Waals surface area contributed by atoms with Crippen LogP contribution in [0.15, 0.2) is 11.9 Å². The molecule has 8 heteroatoms. The van der Waals surface area contributed by atoms with E-state index in [1.54, 1.807) is 0 Å². The number of aliphatic hydroxyl groups is 2. The summed E-state index contributed by atoms with van der Waals surface area (Å²) in [6, 6.07) is -0.483. The number of rotatable bonds is 2. The topological polar surface area (TPSA) is 108 Å². The summed E-state index contributed by atoms with van der Waals surface area (Å²) in [6.07, 6.45) is -2.92. The number of ether oxygens (including phenoxy) is 1. The minimum Gasteiger partial charge on any atom is -0.394 e. The monoisotopic (exact) mass is 261 g/mol. The number of aliphatic hydroxyl groups excluding tert-OH is 2. The molecule has 7 nitrogen and oxygen atoms in total. The molecule has 0 aromatic rings. The molecule has 102 valence electrons. The van der Waals surface area contributed by atoms with Gasteiger partial charge in [0.1, 0.15) is 12.2 Å². The molecule has 0 aliphatic carbocycles. The molecule has 0 bridgehead atoms. The maximum atomic E-state index is 12.8. The molecular formula is C10H16FN3O4. The number of halogens is 1. The Bertz CT molecular complexity index is 365. The van der Waals surface area contributed by atoms with Gasteiger partial charge in [0.2, 0.25) is 0 Å². The van der Waals surface area contributed by atoms with Crippen LogP contribution >= 0.6 is 0 Å². The van der Waals surface area contributed by atoms with Crippen molar-refractivity contribution in [3.05, 3.63) is 11.9 Å². The summed E-state index contributed by atoms with van der Waals surface area (Å²) in [7, 11) is 0. The number of nitrogens with one attached hydrogen (secondary N) is 1. The molecule has 2 aliphatic heterocycles. The van der Waals surface area contributed by atoms with Crippen LogP contribution in [0.3, 0.4) is 0 Å². The van der Waals surface area contributed by atoms with Crippen LogP contribution in [0.4, 0.5) is 9.18 Å². The second kappa shape index (κ2) is 5.19. The second-order valence-corrected chi connectivity index (χ2v) is 4.30. The molecule has 0 aromatic heterocycles. The largest absolute Gasteiger partial charge is 0.394 e. The van der Waals surface area contributed by atoms with E-state index in [-0.39, 0.29) is 11.9 Å². The number of carbonyl (C=O) groups excluding carboxylic acids is 1. The van der Waals surface area contributed by atoms with E-state index in [9.17, 15) is 14.3 Å². The summed E-state index contributed by atoms with van der Waals surface area (Å²) in [6.45, 7) is -0.163. The molecule has 0 radical (unpaired) electrons. The van der Waals surface area contributed by atoms with Gasteiger partial charge in [-0.25, -0.2) is 9.18 Å². The van der Waals surface area contributed by atoms with E-state index in [0.29, 0.717) is 13.0 Å². The van der Waals surface area contributed by atoms with Crippen LogP contribution in [-0.4, -0.2) is 58.9 Å². The van der Waals surface area contributed by atoms with Crippen molar-refractivity contribution in [2.24, 2.45) is 5.73 Å². The molecule has 4 atom stereocenters. The summed E-state index contributed by atoms with van der Waals surface area (Å²) in [4.78, 5) is 13.0. The number of carbonyl (C=O) groups is 1. The Morgan fingerprint density at radius 2 is 2.39 bits per heavy atom. The first-order chi connectivity index (χ1) is 8.58. The lowest BCUT2D eigenvalue weighted by Gasteiger charge is -2.35. The third-order valence-corrected chi connectivity index (χ3v) is 3.12. The summed E-state index contributed by atoms with van der Waals surface area (Å²) in [5.41, 5.74) is 5.49. The van der Waals surface area contributed by atoms with E-state index >= 15 is 0 Å². The van der Waals surface area contributed by atoms with Gasteiger partial charge in [0.15, 0.2) is 6.23 Å². The fraction of sp³-hybridized carbons (Fsp3) is 0.700. The Hall–Kier alpha value is -1.22. The van der Waals surface area contributed by atoms with Crippen LogP contribution in [0.5, 0.6) is 0 Å². The lowest BCUT2D eigenvalue weighted by molar-refractivity contribution is -0.0649. The summed E-state index contributed by atoms with van der Waals surface area (Å²) < 4.78 is 18.1. The Balaban J connectivity index is 2.15. The second-order valence-electron chi connectivity index (χ2n) is 4.30. The van der Waals surface area contributed by atoms with E-state index in [0.717, 1.165) is 0 Å². The van der Waals surface area contributed by atoms with E-state index in [2.05, 4.69) is 5.32 Å². The van der Waals surface area contributed by atoms with Crippen molar-refractivity contribution < 1.29 is 24.1 Å². The van der Waals surface area contributed by atoms with Crippen LogP contribution in [0, 0.1) is 0 Å². The predicted octanol–water partition coefficient (Wildman–Crippen LogP) is -1.38. The Labute approximate surface area is 103 Å². The van der Waals surface area contributed by atoms with Crippen LogP contribution in [-0.2, 0) is 4.74 Å². The average Bonchev–Trinajstić information content (AvgIpc) is 2.65. The molecule has 0 saturated carbocycles. The Morgan fingerprint density at radius 3 is 2.94 bits per heavy atom. The van der Waals surface area contributed by atoms with Crippen molar-refractivity contribution in [2.75, 3.05) is 13.2 Å². The molecule has 0 aromatic carbocycles. The standard InChI is InChI=1S/C10H16FN3O4/c11-3-5-8(16)6(4-15)18-9(5)14-2-1-7(12)13-10(14)17/h3,6-9,15-16H,1-2,4,12H2,(H,13,17)/b5-3+/t6?,7?,8-,9?/m0/s1. The molecule has 2 rings (SSSR count). The Kier molecular flexibility index (Phi) is 3.81. The van der Waals surface area contributed by atoms with Crippen molar-refractivity contribution >= 4 is 6.03 Å². The highest BCUT2D eigenvalue weighted by Crippen LogP contribution is 2.30. The SMILES string of the molecule is NC1CCN(C2OC(CO)[C@@H](O)/C2=C\F)C(=O)N1. The molecule has 5 N–H and O–H groups in total. The van der Waals surface area contributed by atoms with Gasteiger partial charge in [0.25, 0.3) is 0 Å². The Morgan fingerprint density at radius 1 is 1.67 bits per heavy atom. The van der Waals surface area contributed by atoms with E-state index in [4.69, 9.17) is 15.6 Å². The van der Waals surface area contributed by atoms with Gasteiger partial charge in [-0.1, -0.05) is 0 Å². The number of amides is 2. The van der Waals surface area contributed by atoms with Crippen LogP contribution in [0.2, 0.25) is 0 Å². The summed E-state index contributed by atoms with van der Waals surface area (Å²) in [5, 5.41) is 21.2. The molecule has 2 fully saturated rings. The van der Waals surface area contributed by atoms with Crippen molar-refractivity contribution in [1.82, 2.24) is 10.2 Å². The third kappa shape index (κ3) is 2.19. The van der Waals surface area contributed by atoms with Gasteiger partial charge >= 0.3 is 6.03 Å². The minimum absolute atomic E-state index is 0.0697. The molecular weight excluding hydrogens is 245 g/mol. The highest BCUT2D eigenvalue weighted by atomic mass is 19.1. The van der Waals surface area contributed by atoms with Crippen molar-refractivity contribution in [1.29, 1.82) is 0 Å². The summed E-state index contributed by atoms with van der Waals surface area (Å²) in [5.74, 6) is 0. The van der Waals surface area contributed by atoms with E-state index in [1.165, 1.54) is 4.90 Å². The number of urea groups is 1. The zero-order chi connectivity index (χ0) is 13.3. The van der Waals surface area contributed by atoms with Gasteiger partial charge in [0.05, 0.1) is 19.1 Å². The lowest BCUT2D eigenvalue weighted by Crippen LogP contribution is -2.58. The first kappa shape index (κ1) is 13.2. The van der Waals surface area contributed by atoms with E-state index in [1.807, 2.05) is 0 Å².